The average Bonchev–Trinajstić information content (AvgIpc) is 3.02. The lowest BCUT2D eigenvalue weighted by atomic mass is 9.92. The Balaban J connectivity index is 1.72. The van der Waals surface area contributed by atoms with E-state index in [2.05, 4.69) is 23.9 Å². The van der Waals surface area contributed by atoms with Crippen LogP contribution in [0.15, 0.2) is 23.3 Å². The predicted octanol–water partition coefficient (Wildman–Crippen LogP) is 1.57. The van der Waals surface area contributed by atoms with Gasteiger partial charge in [0.1, 0.15) is 12.9 Å². The fourth-order valence-corrected chi connectivity index (χ4v) is 4.18. The van der Waals surface area contributed by atoms with Crippen molar-refractivity contribution in [2.45, 2.75) is 26.8 Å². The summed E-state index contributed by atoms with van der Waals surface area (Å²) in [6.45, 7) is 5.63. The topological polar surface area (TPSA) is 91.0 Å². The van der Waals surface area contributed by atoms with E-state index in [0.717, 1.165) is 6.42 Å². The van der Waals surface area contributed by atoms with E-state index >= 15 is 0 Å². The molecule has 0 aliphatic carbocycles. The normalized spacial score (nSPS) is 19.7. The molecule has 0 unspecified atom stereocenters. The number of fused-ring (bicyclic) bond motifs is 3. The molecule has 1 amide bonds. The SMILES string of the molecule is COc1cc2ncn3c(=O)n(CC(=O)N4C[C@H](C)C[C@H](C)C4)nc3c2cc1OC. The van der Waals surface area contributed by atoms with Crippen molar-refractivity contribution < 1.29 is 14.3 Å². The summed E-state index contributed by atoms with van der Waals surface area (Å²) in [6.07, 6.45) is 2.53. The zero-order valence-corrected chi connectivity index (χ0v) is 17.1. The first-order valence-corrected chi connectivity index (χ1v) is 9.69. The lowest BCUT2D eigenvalue weighted by molar-refractivity contribution is -0.134. The van der Waals surface area contributed by atoms with Crippen LogP contribution in [-0.4, -0.2) is 57.3 Å². The molecule has 1 fully saturated rings. The number of nitrogens with zero attached hydrogens (tertiary/aromatic N) is 5. The second kappa shape index (κ2) is 7.38. The molecule has 1 aliphatic rings. The number of hydrogen-bond acceptors (Lipinski definition) is 6. The molecule has 9 nitrogen and oxygen atoms in total. The van der Waals surface area contributed by atoms with Gasteiger partial charge in [0.05, 0.1) is 19.7 Å². The van der Waals surface area contributed by atoms with Gasteiger partial charge in [-0.15, -0.1) is 5.10 Å². The first-order chi connectivity index (χ1) is 13.9. The van der Waals surface area contributed by atoms with Crippen molar-refractivity contribution >= 4 is 22.5 Å². The van der Waals surface area contributed by atoms with E-state index in [4.69, 9.17) is 9.47 Å². The number of ether oxygens (including phenoxy) is 2. The predicted molar refractivity (Wildman–Crippen MR) is 107 cm³/mol. The van der Waals surface area contributed by atoms with E-state index in [-0.39, 0.29) is 12.5 Å². The molecule has 1 saturated heterocycles. The summed E-state index contributed by atoms with van der Waals surface area (Å²) >= 11 is 0. The van der Waals surface area contributed by atoms with Gasteiger partial charge in [-0.3, -0.25) is 4.79 Å². The van der Waals surface area contributed by atoms with E-state index in [0.29, 0.717) is 53.0 Å². The van der Waals surface area contributed by atoms with Crippen LogP contribution in [0.25, 0.3) is 16.6 Å². The molecular formula is C20H25N5O4. The van der Waals surface area contributed by atoms with Crippen molar-refractivity contribution in [1.29, 1.82) is 0 Å². The Hall–Kier alpha value is -3.10. The second-order valence-electron chi connectivity index (χ2n) is 7.85. The van der Waals surface area contributed by atoms with Crippen LogP contribution < -0.4 is 15.2 Å². The second-order valence-corrected chi connectivity index (χ2v) is 7.85. The van der Waals surface area contributed by atoms with E-state index in [1.807, 2.05) is 4.90 Å². The highest BCUT2D eigenvalue weighted by molar-refractivity contribution is 5.93. The van der Waals surface area contributed by atoms with Crippen LogP contribution in [0.2, 0.25) is 0 Å². The van der Waals surface area contributed by atoms with Gasteiger partial charge >= 0.3 is 5.69 Å². The molecule has 0 N–H and O–H groups in total. The van der Waals surface area contributed by atoms with Crippen LogP contribution in [0.1, 0.15) is 20.3 Å². The number of hydrogen-bond donors (Lipinski definition) is 0. The Morgan fingerprint density at radius 2 is 1.79 bits per heavy atom. The molecule has 3 heterocycles. The number of carbonyl (C=O) groups is 1. The number of piperidine rings is 1. The highest BCUT2D eigenvalue weighted by atomic mass is 16.5. The van der Waals surface area contributed by atoms with E-state index in [1.165, 1.54) is 15.4 Å². The molecule has 1 aromatic carbocycles. The molecule has 0 spiro atoms. The average molecular weight is 399 g/mol. The molecule has 0 bridgehead atoms. The number of amides is 1. The molecule has 0 radical (unpaired) electrons. The Morgan fingerprint density at radius 1 is 1.14 bits per heavy atom. The van der Waals surface area contributed by atoms with Gasteiger partial charge in [0.2, 0.25) is 5.91 Å². The summed E-state index contributed by atoms with van der Waals surface area (Å²) in [7, 11) is 3.09. The lowest BCUT2D eigenvalue weighted by Gasteiger charge is -2.34. The summed E-state index contributed by atoms with van der Waals surface area (Å²) in [5.41, 5.74) is 0.655. The molecule has 2 aromatic heterocycles. The largest absolute Gasteiger partial charge is 0.493 e. The Labute approximate surface area is 167 Å². The zero-order valence-electron chi connectivity index (χ0n) is 17.1. The number of rotatable bonds is 4. The van der Waals surface area contributed by atoms with E-state index in [1.54, 1.807) is 26.4 Å². The van der Waals surface area contributed by atoms with Crippen LogP contribution in [0, 0.1) is 11.8 Å². The number of benzene rings is 1. The van der Waals surface area contributed by atoms with E-state index in [9.17, 15) is 9.59 Å². The zero-order chi connectivity index (χ0) is 20.7. The summed E-state index contributed by atoms with van der Waals surface area (Å²) in [4.78, 5) is 31.8. The summed E-state index contributed by atoms with van der Waals surface area (Å²) in [6, 6.07) is 3.47. The van der Waals surface area contributed by atoms with Crippen LogP contribution >= 0.6 is 0 Å². The van der Waals surface area contributed by atoms with Gasteiger partial charge in [-0.1, -0.05) is 13.8 Å². The van der Waals surface area contributed by atoms with Gasteiger partial charge < -0.3 is 14.4 Å². The Bertz CT molecular complexity index is 1130. The van der Waals surface area contributed by atoms with Crippen molar-refractivity contribution in [2.75, 3.05) is 27.3 Å². The third kappa shape index (κ3) is 3.41. The van der Waals surface area contributed by atoms with Gasteiger partial charge in [0.15, 0.2) is 17.1 Å². The van der Waals surface area contributed by atoms with Crippen molar-refractivity contribution in [3.63, 3.8) is 0 Å². The molecule has 4 rings (SSSR count). The molecule has 0 saturated carbocycles. The number of likely N-dealkylation sites (tertiary alicyclic amines) is 1. The number of aromatic nitrogens is 4. The molecule has 3 aromatic rings. The van der Waals surface area contributed by atoms with Gasteiger partial charge in [-0.25, -0.2) is 18.9 Å². The minimum Gasteiger partial charge on any atom is -0.493 e. The minimum absolute atomic E-state index is 0.0886. The fourth-order valence-electron chi connectivity index (χ4n) is 4.18. The highest BCUT2D eigenvalue weighted by Crippen LogP contribution is 2.32. The quantitative estimate of drug-likeness (QED) is 0.661. The number of carbonyl (C=O) groups excluding carboxylic acids is 1. The van der Waals surface area contributed by atoms with Gasteiger partial charge in [0.25, 0.3) is 0 Å². The lowest BCUT2D eigenvalue weighted by Crippen LogP contribution is -2.45. The molecule has 29 heavy (non-hydrogen) atoms. The molecule has 2 atom stereocenters. The smallest absolute Gasteiger partial charge is 0.352 e. The first-order valence-electron chi connectivity index (χ1n) is 9.69. The maximum absolute atomic E-state index is 12.8. The highest BCUT2D eigenvalue weighted by Gasteiger charge is 2.26. The van der Waals surface area contributed by atoms with Crippen molar-refractivity contribution in [1.82, 2.24) is 24.1 Å². The van der Waals surface area contributed by atoms with Crippen LogP contribution in [0.3, 0.4) is 0 Å². The maximum atomic E-state index is 12.8. The third-order valence-electron chi connectivity index (χ3n) is 5.43. The fraction of sp³-hybridized carbons (Fsp3) is 0.500. The molecule has 154 valence electrons. The maximum Gasteiger partial charge on any atom is 0.352 e. The monoisotopic (exact) mass is 399 g/mol. The summed E-state index contributed by atoms with van der Waals surface area (Å²) in [5, 5.41) is 5.07. The third-order valence-corrected chi connectivity index (χ3v) is 5.43. The van der Waals surface area contributed by atoms with Crippen LogP contribution in [0.5, 0.6) is 11.5 Å². The van der Waals surface area contributed by atoms with Crippen molar-refractivity contribution in [3.05, 3.63) is 28.9 Å². The van der Waals surface area contributed by atoms with Crippen LogP contribution in [0.4, 0.5) is 0 Å². The Morgan fingerprint density at radius 3 is 2.45 bits per heavy atom. The number of methoxy groups -OCH3 is 2. The van der Waals surface area contributed by atoms with Crippen LogP contribution in [-0.2, 0) is 11.3 Å². The van der Waals surface area contributed by atoms with Crippen molar-refractivity contribution in [2.24, 2.45) is 11.8 Å². The van der Waals surface area contributed by atoms with E-state index < -0.39 is 5.69 Å². The standard InChI is InChI=1S/C20H25N5O4/c1-12-5-13(2)9-23(8-12)18(26)10-25-20(27)24-11-21-15-7-17(29-4)16(28-3)6-14(15)19(24)22-25/h6-7,11-13H,5,8-10H2,1-4H3/t12-,13+. The Kier molecular flexibility index (Phi) is 4.89. The minimum atomic E-state index is -0.393. The molecule has 1 aliphatic heterocycles. The summed E-state index contributed by atoms with van der Waals surface area (Å²) < 4.78 is 13.2. The van der Waals surface area contributed by atoms with Gasteiger partial charge in [-0.2, -0.15) is 0 Å². The van der Waals surface area contributed by atoms with Crippen molar-refractivity contribution in [3.8, 4) is 11.5 Å². The molecule has 9 heteroatoms. The summed E-state index contributed by atoms with van der Waals surface area (Å²) in [5.74, 6) is 1.88. The van der Waals surface area contributed by atoms with Gasteiger partial charge in [0, 0.05) is 24.5 Å². The molecular weight excluding hydrogens is 374 g/mol. The van der Waals surface area contributed by atoms with Gasteiger partial charge in [-0.05, 0) is 24.3 Å². The first kappa shape index (κ1) is 19.2.